The molecule has 1 N–H and O–H groups in total. The van der Waals surface area contributed by atoms with Gasteiger partial charge in [0.05, 0.1) is 9.88 Å². The van der Waals surface area contributed by atoms with Crippen LogP contribution in [0.4, 0.5) is 0 Å². The molecule has 0 fully saturated rings. The molecule has 0 amide bonds. The number of aryl methyl sites for hydroxylation is 1. The average Bonchev–Trinajstić information content (AvgIpc) is 2.71. The predicted molar refractivity (Wildman–Crippen MR) is 73.6 cm³/mol. The first-order valence-electron chi connectivity index (χ1n) is 6.19. The summed E-state index contributed by atoms with van der Waals surface area (Å²) in [6.07, 6.45) is 2.71. The maximum atomic E-state index is 11.8. The highest BCUT2D eigenvalue weighted by molar-refractivity contribution is 7.11. The van der Waals surface area contributed by atoms with E-state index >= 15 is 0 Å². The van der Waals surface area contributed by atoms with E-state index < -0.39 is 0 Å². The lowest BCUT2D eigenvalue weighted by Crippen LogP contribution is -2.48. The number of esters is 1. The lowest BCUT2D eigenvalue weighted by molar-refractivity contribution is -0.147. The Kier molecular flexibility index (Phi) is 5.28. The van der Waals surface area contributed by atoms with Gasteiger partial charge in [-0.05, 0) is 34.1 Å². The first-order chi connectivity index (χ1) is 8.34. The lowest BCUT2D eigenvalue weighted by Gasteiger charge is -2.27. The van der Waals surface area contributed by atoms with Crippen LogP contribution in [0.1, 0.15) is 44.0 Å². The number of thiazole rings is 1. The van der Waals surface area contributed by atoms with E-state index in [-0.39, 0.29) is 17.6 Å². The van der Waals surface area contributed by atoms with E-state index in [1.165, 1.54) is 0 Å². The van der Waals surface area contributed by atoms with Gasteiger partial charge in [0.1, 0.15) is 12.6 Å². The van der Waals surface area contributed by atoms with Crippen molar-refractivity contribution in [3.8, 4) is 0 Å². The van der Waals surface area contributed by atoms with Crippen LogP contribution in [0, 0.1) is 6.92 Å². The maximum Gasteiger partial charge on any atom is 0.323 e. The summed E-state index contributed by atoms with van der Waals surface area (Å²) in [4.78, 5) is 16.9. The molecule has 1 rings (SSSR count). The fraction of sp³-hybridized carbons (Fsp3) is 0.692. The fourth-order valence-corrected chi connectivity index (χ4v) is 2.19. The molecule has 1 unspecified atom stereocenters. The highest BCUT2D eigenvalue weighted by Crippen LogP contribution is 2.13. The van der Waals surface area contributed by atoms with Crippen LogP contribution in [0.2, 0.25) is 0 Å². The Bertz CT molecular complexity index is 401. The van der Waals surface area contributed by atoms with Crippen LogP contribution in [0.25, 0.3) is 0 Å². The second-order valence-corrected chi connectivity index (χ2v) is 6.38. The Labute approximate surface area is 113 Å². The SMILES string of the molecule is CCC(C)(C)NC(C)C(=O)OCc1cnc(C)s1. The number of hydrogen-bond donors (Lipinski definition) is 1. The molecule has 4 nitrogen and oxygen atoms in total. The van der Waals surface area contributed by atoms with Crippen LogP contribution in [0.15, 0.2) is 6.20 Å². The maximum absolute atomic E-state index is 11.8. The lowest BCUT2D eigenvalue weighted by atomic mass is 10.0. The highest BCUT2D eigenvalue weighted by atomic mass is 32.1. The standard InChI is InChI=1S/C13H22N2O2S/c1-6-13(4,5)15-9(2)12(16)17-8-11-7-14-10(3)18-11/h7,9,15H,6,8H2,1-5H3. The molecule has 102 valence electrons. The monoisotopic (exact) mass is 270 g/mol. The molecule has 0 aliphatic heterocycles. The van der Waals surface area contributed by atoms with Gasteiger partial charge in [-0.3, -0.25) is 10.1 Å². The van der Waals surface area contributed by atoms with Gasteiger partial charge in [-0.25, -0.2) is 4.98 Å². The number of carbonyl (C=O) groups is 1. The minimum absolute atomic E-state index is 0.0560. The van der Waals surface area contributed by atoms with E-state index in [1.807, 2.05) is 13.8 Å². The number of carbonyl (C=O) groups excluding carboxylic acids is 1. The van der Waals surface area contributed by atoms with Crippen LogP contribution < -0.4 is 5.32 Å². The normalized spacial score (nSPS) is 13.4. The molecule has 1 atom stereocenters. The van der Waals surface area contributed by atoms with Crippen LogP contribution in [0.3, 0.4) is 0 Å². The van der Waals surface area contributed by atoms with Crippen molar-refractivity contribution in [1.29, 1.82) is 0 Å². The second kappa shape index (κ2) is 6.29. The summed E-state index contributed by atoms with van der Waals surface area (Å²) in [5.41, 5.74) is -0.0560. The summed E-state index contributed by atoms with van der Waals surface area (Å²) < 4.78 is 5.26. The van der Waals surface area contributed by atoms with Gasteiger partial charge in [0.15, 0.2) is 0 Å². The molecule has 1 heterocycles. The molecule has 0 aliphatic rings. The van der Waals surface area contributed by atoms with Crippen molar-refractivity contribution in [2.24, 2.45) is 0 Å². The van der Waals surface area contributed by atoms with E-state index in [1.54, 1.807) is 17.5 Å². The molecule has 0 saturated heterocycles. The predicted octanol–water partition coefficient (Wildman–Crippen LogP) is 2.66. The highest BCUT2D eigenvalue weighted by Gasteiger charge is 2.23. The van der Waals surface area contributed by atoms with Crippen molar-refractivity contribution in [3.05, 3.63) is 16.1 Å². The Balaban J connectivity index is 2.41. The molecule has 0 bridgehead atoms. The second-order valence-electron chi connectivity index (χ2n) is 5.06. The topological polar surface area (TPSA) is 51.2 Å². The quantitative estimate of drug-likeness (QED) is 0.807. The van der Waals surface area contributed by atoms with Crippen molar-refractivity contribution in [1.82, 2.24) is 10.3 Å². The Hall–Kier alpha value is -0.940. The number of nitrogens with zero attached hydrogens (tertiary/aromatic N) is 1. The zero-order valence-electron chi connectivity index (χ0n) is 11.7. The van der Waals surface area contributed by atoms with Crippen molar-refractivity contribution < 1.29 is 9.53 Å². The van der Waals surface area contributed by atoms with Crippen molar-refractivity contribution in [2.75, 3.05) is 0 Å². The van der Waals surface area contributed by atoms with Crippen LogP contribution in [0.5, 0.6) is 0 Å². The summed E-state index contributed by atoms with van der Waals surface area (Å²) in [7, 11) is 0. The molecule has 0 spiro atoms. The summed E-state index contributed by atoms with van der Waals surface area (Å²) in [5, 5.41) is 4.25. The fourth-order valence-electron chi connectivity index (χ4n) is 1.49. The Morgan fingerprint density at radius 2 is 2.28 bits per heavy atom. The number of nitrogens with one attached hydrogen (secondary N) is 1. The summed E-state index contributed by atoms with van der Waals surface area (Å²) >= 11 is 1.55. The molecule has 5 heteroatoms. The molecule has 0 aromatic carbocycles. The van der Waals surface area contributed by atoms with Crippen LogP contribution in [-0.4, -0.2) is 22.5 Å². The minimum atomic E-state index is -0.297. The summed E-state index contributed by atoms with van der Waals surface area (Å²) in [6, 6.07) is -0.297. The molecule has 0 aliphatic carbocycles. The first-order valence-corrected chi connectivity index (χ1v) is 7.01. The third-order valence-corrected chi connectivity index (χ3v) is 3.76. The van der Waals surface area contributed by atoms with E-state index in [2.05, 4.69) is 31.1 Å². The van der Waals surface area contributed by atoms with Gasteiger partial charge in [-0.15, -0.1) is 11.3 Å². The summed E-state index contributed by atoms with van der Waals surface area (Å²) in [6.45, 7) is 10.3. The summed E-state index contributed by atoms with van der Waals surface area (Å²) in [5.74, 6) is -0.220. The molecule has 1 aromatic heterocycles. The number of aromatic nitrogens is 1. The van der Waals surface area contributed by atoms with E-state index in [4.69, 9.17) is 4.74 Å². The number of hydrogen-bond acceptors (Lipinski definition) is 5. The molecular weight excluding hydrogens is 248 g/mol. The minimum Gasteiger partial charge on any atom is -0.459 e. The van der Waals surface area contributed by atoms with Crippen molar-refractivity contribution >= 4 is 17.3 Å². The van der Waals surface area contributed by atoms with Crippen molar-refractivity contribution in [2.45, 2.75) is 59.2 Å². The van der Waals surface area contributed by atoms with E-state index in [0.717, 1.165) is 16.3 Å². The Morgan fingerprint density at radius 1 is 1.61 bits per heavy atom. The van der Waals surface area contributed by atoms with E-state index in [0.29, 0.717) is 6.61 Å². The zero-order valence-corrected chi connectivity index (χ0v) is 12.6. The van der Waals surface area contributed by atoms with Gasteiger partial charge >= 0.3 is 5.97 Å². The largest absolute Gasteiger partial charge is 0.459 e. The number of rotatable bonds is 6. The molecule has 18 heavy (non-hydrogen) atoms. The zero-order chi connectivity index (χ0) is 13.8. The average molecular weight is 270 g/mol. The van der Waals surface area contributed by atoms with Gasteiger partial charge in [0.25, 0.3) is 0 Å². The van der Waals surface area contributed by atoms with Gasteiger partial charge in [0, 0.05) is 11.7 Å². The van der Waals surface area contributed by atoms with Gasteiger partial charge in [0.2, 0.25) is 0 Å². The van der Waals surface area contributed by atoms with Crippen LogP contribution >= 0.6 is 11.3 Å². The third-order valence-electron chi connectivity index (χ3n) is 2.87. The smallest absolute Gasteiger partial charge is 0.323 e. The Morgan fingerprint density at radius 3 is 2.78 bits per heavy atom. The first kappa shape index (κ1) is 15.1. The molecule has 1 aromatic rings. The number of ether oxygens (including phenoxy) is 1. The van der Waals surface area contributed by atoms with Gasteiger partial charge < -0.3 is 4.74 Å². The van der Waals surface area contributed by atoms with Crippen LogP contribution in [-0.2, 0) is 16.1 Å². The molecular formula is C13H22N2O2S. The molecule has 0 radical (unpaired) electrons. The van der Waals surface area contributed by atoms with Gasteiger partial charge in [-0.2, -0.15) is 0 Å². The van der Waals surface area contributed by atoms with Gasteiger partial charge in [-0.1, -0.05) is 6.92 Å². The van der Waals surface area contributed by atoms with Crippen molar-refractivity contribution in [3.63, 3.8) is 0 Å². The third kappa shape index (κ3) is 4.74. The van der Waals surface area contributed by atoms with E-state index in [9.17, 15) is 4.79 Å². The molecule has 0 saturated carbocycles.